The quantitative estimate of drug-likeness (QED) is 0.531. The number of carboxylic acids is 1. The van der Waals surface area contributed by atoms with Crippen molar-refractivity contribution in [1.82, 2.24) is 5.32 Å². The monoisotopic (exact) mass is 333 g/mol. The number of hydrogen-bond donors (Lipinski definition) is 2. The third-order valence-corrected chi connectivity index (χ3v) is 3.84. The van der Waals surface area contributed by atoms with E-state index < -0.39 is 17.9 Å². The molecule has 1 aliphatic rings. The minimum Gasteiger partial charge on any atom is -0.484 e. The van der Waals surface area contributed by atoms with Gasteiger partial charge in [-0.3, -0.25) is 4.79 Å². The Morgan fingerprint density at radius 3 is 2.75 bits per heavy atom. The van der Waals surface area contributed by atoms with Gasteiger partial charge in [-0.1, -0.05) is 12.1 Å². The second kappa shape index (κ2) is 9.08. The summed E-state index contributed by atoms with van der Waals surface area (Å²) in [5, 5.41) is 11.5. The van der Waals surface area contributed by atoms with E-state index in [0.29, 0.717) is 5.75 Å². The van der Waals surface area contributed by atoms with Gasteiger partial charge in [0.15, 0.2) is 12.6 Å². The van der Waals surface area contributed by atoms with Gasteiger partial charge >= 0.3 is 5.97 Å². The first-order valence-electron chi connectivity index (χ1n) is 8.05. The summed E-state index contributed by atoms with van der Waals surface area (Å²) in [6, 6.07) is 4.73. The van der Waals surface area contributed by atoms with E-state index in [1.807, 2.05) is 18.2 Å². The molecule has 0 saturated heterocycles. The molecule has 6 heteroatoms. The highest BCUT2D eigenvalue weighted by Gasteiger charge is 2.20. The first-order valence-corrected chi connectivity index (χ1v) is 8.05. The fourth-order valence-electron chi connectivity index (χ4n) is 2.63. The number of ether oxygens (including phenoxy) is 2. The van der Waals surface area contributed by atoms with Crippen molar-refractivity contribution in [2.75, 3.05) is 19.8 Å². The molecule has 0 aromatic heterocycles. The topological polar surface area (TPSA) is 84.9 Å². The molecule has 0 radical (unpaired) electrons. The summed E-state index contributed by atoms with van der Waals surface area (Å²) < 4.78 is 10.6. The lowest BCUT2D eigenvalue weighted by atomic mass is 9.92. The van der Waals surface area contributed by atoms with Crippen LogP contribution < -0.4 is 10.1 Å². The second-order valence-corrected chi connectivity index (χ2v) is 5.71. The van der Waals surface area contributed by atoms with Crippen LogP contribution in [0.3, 0.4) is 0 Å². The first-order chi connectivity index (χ1) is 11.6. The Kier molecular flexibility index (Phi) is 6.81. The highest BCUT2D eigenvalue weighted by molar-refractivity contribution is 5.84. The van der Waals surface area contributed by atoms with E-state index >= 15 is 0 Å². The number of fused-ring (bicyclic) bond motifs is 1. The summed E-state index contributed by atoms with van der Waals surface area (Å²) in [5.41, 5.74) is 2.60. The van der Waals surface area contributed by atoms with E-state index in [9.17, 15) is 9.59 Å². The Labute approximate surface area is 141 Å². The van der Waals surface area contributed by atoms with Gasteiger partial charge in [0.25, 0.3) is 5.91 Å². The number of aliphatic carboxylic acids is 1. The summed E-state index contributed by atoms with van der Waals surface area (Å²) >= 11 is 0. The molecule has 1 aromatic carbocycles. The van der Waals surface area contributed by atoms with Crippen LogP contribution in [0.1, 0.15) is 24.0 Å². The lowest BCUT2D eigenvalue weighted by molar-refractivity contribution is -0.143. The third-order valence-electron chi connectivity index (χ3n) is 3.84. The van der Waals surface area contributed by atoms with E-state index in [4.69, 9.17) is 14.6 Å². The molecule has 24 heavy (non-hydrogen) atoms. The number of nitrogens with one attached hydrogen (secondary N) is 1. The number of carboxylic acid groups (broad SMARTS) is 1. The molecule has 0 fully saturated rings. The van der Waals surface area contributed by atoms with Gasteiger partial charge in [-0.15, -0.1) is 6.58 Å². The zero-order valence-electron chi connectivity index (χ0n) is 13.6. The largest absolute Gasteiger partial charge is 0.484 e. The van der Waals surface area contributed by atoms with Crippen LogP contribution in [0.15, 0.2) is 30.9 Å². The van der Waals surface area contributed by atoms with Crippen molar-refractivity contribution in [3.63, 3.8) is 0 Å². The Balaban J connectivity index is 1.83. The van der Waals surface area contributed by atoms with Crippen molar-refractivity contribution < 1.29 is 24.2 Å². The van der Waals surface area contributed by atoms with Crippen LogP contribution in [0.25, 0.3) is 0 Å². The van der Waals surface area contributed by atoms with Crippen LogP contribution in [-0.4, -0.2) is 42.8 Å². The highest BCUT2D eigenvalue weighted by Crippen LogP contribution is 2.25. The van der Waals surface area contributed by atoms with Gasteiger partial charge in [-0.05, 0) is 48.9 Å². The molecule has 1 amide bonds. The average molecular weight is 333 g/mol. The average Bonchev–Trinajstić information content (AvgIpc) is 2.59. The van der Waals surface area contributed by atoms with Gasteiger partial charge in [0.2, 0.25) is 0 Å². The standard InChI is InChI=1S/C18H23NO5/c1-2-9-23-11-16(18(21)22)19-17(20)12-24-15-8-7-13-5-3-4-6-14(13)10-15/h2,7-8,10,16H,1,3-6,9,11-12H2,(H,19,20)(H,21,22). The lowest BCUT2D eigenvalue weighted by Gasteiger charge is -2.17. The molecule has 2 rings (SSSR count). The molecule has 0 saturated carbocycles. The number of aryl methyl sites for hydroxylation is 2. The van der Waals surface area contributed by atoms with Gasteiger partial charge in [0.1, 0.15) is 5.75 Å². The molecule has 0 spiro atoms. The van der Waals surface area contributed by atoms with Crippen LogP contribution >= 0.6 is 0 Å². The molecule has 6 nitrogen and oxygen atoms in total. The number of benzene rings is 1. The predicted molar refractivity (Wildman–Crippen MR) is 89.2 cm³/mol. The van der Waals surface area contributed by atoms with Crippen molar-refractivity contribution in [1.29, 1.82) is 0 Å². The maximum absolute atomic E-state index is 11.9. The summed E-state index contributed by atoms with van der Waals surface area (Å²) in [6.07, 6.45) is 6.00. The minimum absolute atomic E-state index is 0.119. The first kappa shape index (κ1) is 18.0. The maximum atomic E-state index is 11.9. The Hall–Kier alpha value is -2.34. The maximum Gasteiger partial charge on any atom is 0.328 e. The third kappa shape index (κ3) is 5.38. The zero-order chi connectivity index (χ0) is 17.4. The van der Waals surface area contributed by atoms with Crippen LogP contribution in [-0.2, 0) is 27.2 Å². The summed E-state index contributed by atoms with van der Waals surface area (Å²) in [7, 11) is 0. The van der Waals surface area contributed by atoms with E-state index in [2.05, 4.69) is 11.9 Å². The van der Waals surface area contributed by atoms with E-state index in [0.717, 1.165) is 12.8 Å². The van der Waals surface area contributed by atoms with Crippen LogP contribution in [0, 0.1) is 0 Å². The van der Waals surface area contributed by atoms with Gasteiger partial charge in [0, 0.05) is 0 Å². The predicted octanol–water partition coefficient (Wildman–Crippen LogP) is 1.72. The zero-order valence-corrected chi connectivity index (χ0v) is 13.6. The minimum atomic E-state index is -1.15. The molecule has 1 unspecified atom stereocenters. The van der Waals surface area contributed by atoms with Crippen LogP contribution in [0.2, 0.25) is 0 Å². The number of hydrogen-bond acceptors (Lipinski definition) is 4. The number of carbonyl (C=O) groups is 2. The molecule has 1 atom stereocenters. The van der Waals surface area contributed by atoms with E-state index in [1.165, 1.54) is 30.0 Å². The lowest BCUT2D eigenvalue weighted by Crippen LogP contribution is -2.45. The van der Waals surface area contributed by atoms with Crippen molar-refractivity contribution in [2.45, 2.75) is 31.7 Å². The Morgan fingerprint density at radius 1 is 1.29 bits per heavy atom. The van der Waals surface area contributed by atoms with Crippen molar-refractivity contribution in [3.8, 4) is 5.75 Å². The second-order valence-electron chi connectivity index (χ2n) is 5.71. The fourth-order valence-corrected chi connectivity index (χ4v) is 2.63. The van der Waals surface area contributed by atoms with Crippen molar-refractivity contribution in [2.24, 2.45) is 0 Å². The smallest absolute Gasteiger partial charge is 0.328 e. The van der Waals surface area contributed by atoms with Crippen molar-refractivity contribution in [3.05, 3.63) is 42.0 Å². The molecule has 1 aromatic rings. The van der Waals surface area contributed by atoms with Gasteiger partial charge < -0.3 is 19.9 Å². The molecular formula is C18H23NO5. The molecule has 0 heterocycles. The summed E-state index contributed by atoms with van der Waals surface area (Å²) in [4.78, 5) is 23.0. The Morgan fingerprint density at radius 2 is 2.04 bits per heavy atom. The number of rotatable bonds is 9. The Bertz CT molecular complexity index is 599. The van der Waals surface area contributed by atoms with Gasteiger partial charge in [-0.25, -0.2) is 4.79 Å². The summed E-state index contributed by atoms with van der Waals surface area (Å²) in [6.45, 7) is 3.35. The molecule has 0 bridgehead atoms. The van der Waals surface area contributed by atoms with E-state index in [1.54, 1.807) is 0 Å². The molecule has 130 valence electrons. The molecule has 0 aliphatic heterocycles. The SMILES string of the molecule is C=CCOCC(NC(=O)COc1ccc2c(c1)CCCC2)C(=O)O. The van der Waals surface area contributed by atoms with Gasteiger partial charge in [0.05, 0.1) is 13.2 Å². The number of amides is 1. The van der Waals surface area contributed by atoms with Gasteiger partial charge in [-0.2, -0.15) is 0 Å². The molecular weight excluding hydrogens is 310 g/mol. The van der Waals surface area contributed by atoms with Crippen LogP contribution in [0.4, 0.5) is 0 Å². The normalized spacial score (nSPS) is 14.3. The molecule has 2 N–H and O–H groups in total. The van der Waals surface area contributed by atoms with Crippen molar-refractivity contribution >= 4 is 11.9 Å². The van der Waals surface area contributed by atoms with Crippen LogP contribution in [0.5, 0.6) is 5.75 Å². The van der Waals surface area contributed by atoms with E-state index in [-0.39, 0.29) is 19.8 Å². The summed E-state index contributed by atoms with van der Waals surface area (Å²) in [5.74, 6) is -1.02. The highest BCUT2D eigenvalue weighted by atomic mass is 16.5. The molecule has 1 aliphatic carbocycles. The fraction of sp³-hybridized carbons (Fsp3) is 0.444. The number of carbonyl (C=O) groups excluding carboxylic acids is 1.